The first kappa shape index (κ1) is 18.2. The van der Waals surface area contributed by atoms with Crippen LogP contribution in [0.4, 0.5) is 0 Å². The van der Waals surface area contributed by atoms with E-state index in [2.05, 4.69) is 19.1 Å². The SMILES string of the molecule is C/C=C/CCCCCCCC(=O)OCCC(C)(C)N. The molecule has 3 heteroatoms. The van der Waals surface area contributed by atoms with Crippen molar-refractivity contribution in [3.05, 3.63) is 12.2 Å². The van der Waals surface area contributed by atoms with Crippen LogP contribution in [0.2, 0.25) is 0 Å². The minimum absolute atomic E-state index is 0.0850. The molecule has 0 aromatic rings. The van der Waals surface area contributed by atoms with Crippen molar-refractivity contribution in [1.82, 2.24) is 0 Å². The molecule has 112 valence electrons. The lowest BCUT2D eigenvalue weighted by Gasteiger charge is -2.17. The Morgan fingerprint density at radius 2 is 1.79 bits per heavy atom. The average Bonchev–Trinajstić information content (AvgIpc) is 2.31. The highest BCUT2D eigenvalue weighted by atomic mass is 16.5. The zero-order chi connectivity index (χ0) is 14.6. The van der Waals surface area contributed by atoms with Gasteiger partial charge in [0, 0.05) is 12.0 Å². The smallest absolute Gasteiger partial charge is 0.305 e. The fourth-order valence-electron chi connectivity index (χ4n) is 1.73. The Labute approximate surface area is 118 Å². The lowest BCUT2D eigenvalue weighted by molar-refractivity contribution is -0.144. The Kier molecular flexibility index (Phi) is 10.6. The van der Waals surface area contributed by atoms with Crippen LogP contribution in [-0.4, -0.2) is 18.1 Å². The van der Waals surface area contributed by atoms with Crippen LogP contribution < -0.4 is 5.73 Å². The van der Waals surface area contributed by atoms with Crippen LogP contribution in [0.3, 0.4) is 0 Å². The second-order valence-electron chi connectivity index (χ2n) is 5.83. The first-order valence-electron chi connectivity index (χ1n) is 7.51. The number of nitrogens with two attached hydrogens (primary N) is 1. The van der Waals surface area contributed by atoms with Crippen LogP contribution in [0.25, 0.3) is 0 Å². The van der Waals surface area contributed by atoms with E-state index in [1.807, 2.05) is 13.8 Å². The first-order valence-corrected chi connectivity index (χ1v) is 7.51. The quantitative estimate of drug-likeness (QED) is 0.351. The number of allylic oxidation sites excluding steroid dienone is 2. The molecule has 0 bridgehead atoms. The van der Waals surface area contributed by atoms with Crippen LogP contribution in [0.1, 0.15) is 72.1 Å². The van der Waals surface area contributed by atoms with Crippen molar-refractivity contribution in [2.45, 2.75) is 77.7 Å². The second kappa shape index (κ2) is 11.0. The van der Waals surface area contributed by atoms with Gasteiger partial charge in [0.1, 0.15) is 0 Å². The molecule has 0 aliphatic rings. The largest absolute Gasteiger partial charge is 0.466 e. The second-order valence-corrected chi connectivity index (χ2v) is 5.83. The summed E-state index contributed by atoms with van der Waals surface area (Å²) in [4.78, 5) is 11.4. The molecular weight excluding hydrogens is 238 g/mol. The summed E-state index contributed by atoms with van der Waals surface area (Å²) in [6.07, 6.45) is 12.5. The average molecular weight is 269 g/mol. The van der Waals surface area contributed by atoms with Crippen LogP contribution in [0, 0.1) is 0 Å². The molecule has 0 aliphatic heterocycles. The lowest BCUT2D eigenvalue weighted by Crippen LogP contribution is -2.33. The van der Waals surface area contributed by atoms with E-state index in [0.29, 0.717) is 19.4 Å². The standard InChI is InChI=1S/C16H31NO2/c1-4-5-6-7-8-9-10-11-12-15(18)19-14-13-16(2,3)17/h4-5H,6-14,17H2,1-3H3/b5-4+. The monoisotopic (exact) mass is 269 g/mol. The van der Waals surface area contributed by atoms with E-state index in [1.165, 1.54) is 25.7 Å². The molecule has 19 heavy (non-hydrogen) atoms. The highest BCUT2D eigenvalue weighted by Gasteiger charge is 2.11. The molecule has 0 aliphatic carbocycles. The summed E-state index contributed by atoms with van der Waals surface area (Å²) in [5.41, 5.74) is 5.56. The van der Waals surface area contributed by atoms with Gasteiger partial charge in [0.15, 0.2) is 0 Å². The van der Waals surface area contributed by atoms with Gasteiger partial charge in [-0.1, -0.05) is 31.4 Å². The van der Waals surface area contributed by atoms with E-state index >= 15 is 0 Å². The molecular formula is C16H31NO2. The first-order chi connectivity index (χ1) is 8.95. The minimum Gasteiger partial charge on any atom is -0.466 e. The van der Waals surface area contributed by atoms with E-state index in [-0.39, 0.29) is 11.5 Å². The molecule has 0 aromatic heterocycles. The molecule has 0 saturated carbocycles. The van der Waals surface area contributed by atoms with Crippen molar-refractivity contribution in [3.8, 4) is 0 Å². The van der Waals surface area contributed by atoms with Crippen LogP contribution in [0.5, 0.6) is 0 Å². The number of ether oxygens (including phenoxy) is 1. The van der Waals surface area contributed by atoms with Gasteiger partial charge >= 0.3 is 5.97 Å². The Morgan fingerprint density at radius 1 is 1.16 bits per heavy atom. The van der Waals surface area contributed by atoms with Gasteiger partial charge in [0.25, 0.3) is 0 Å². The van der Waals surface area contributed by atoms with Crippen LogP contribution in [-0.2, 0) is 9.53 Å². The fraction of sp³-hybridized carbons (Fsp3) is 0.812. The predicted molar refractivity (Wildman–Crippen MR) is 81.0 cm³/mol. The lowest BCUT2D eigenvalue weighted by atomic mass is 10.0. The maximum absolute atomic E-state index is 11.4. The van der Waals surface area contributed by atoms with Gasteiger partial charge in [-0.2, -0.15) is 0 Å². The van der Waals surface area contributed by atoms with Crippen LogP contribution in [0.15, 0.2) is 12.2 Å². The summed E-state index contributed by atoms with van der Waals surface area (Å²) < 4.78 is 5.15. The molecule has 3 nitrogen and oxygen atoms in total. The number of unbranched alkanes of at least 4 members (excludes halogenated alkanes) is 5. The van der Waals surface area contributed by atoms with Gasteiger partial charge in [-0.25, -0.2) is 0 Å². The van der Waals surface area contributed by atoms with E-state index in [4.69, 9.17) is 10.5 Å². The van der Waals surface area contributed by atoms with E-state index < -0.39 is 0 Å². The normalized spacial score (nSPS) is 12.0. The molecule has 0 rings (SSSR count). The minimum atomic E-state index is -0.257. The molecule has 0 aromatic carbocycles. The van der Waals surface area contributed by atoms with Crippen LogP contribution >= 0.6 is 0 Å². The van der Waals surface area contributed by atoms with Gasteiger partial charge in [-0.05, 0) is 46.5 Å². The molecule has 0 spiro atoms. The van der Waals surface area contributed by atoms with Crippen molar-refractivity contribution < 1.29 is 9.53 Å². The Morgan fingerprint density at radius 3 is 2.42 bits per heavy atom. The van der Waals surface area contributed by atoms with Crippen molar-refractivity contribution in [3.63, 3.8) is 0 Å². The maximum atomic E-state index is 11.4. The van der Waals surface area contributed by atoms with E-state index in [1.54, 1.807) is 0 Å². The van der Waals surface area contributed by atoms with Crippen molar-refractivity contribution in [2.75, 3.05) is 6.61 Å². The third kappa shape index (κ3) is 15.1. The summed E-state index contributed by atoms with van der Waals surface area (Å²) in [6.45, 7) is 6.37. The Bertz CT molecular complexity index is 254. The van der Waals surface area contributed by atoms with Crippen molar-refractivity contribution in [1.29, 1.82) is 0 Å². The van der Waals surface area contributed by atoms with Crippen molar-refractivity contribution >= 4 is 5.97 Å². The van der Waals surface area contributed by atoms with Crippen molar-refractivity contribution in [2.24, 2.45) is 5.73 Å². The molecule has 2 N–H and O–H groups in total. The number of carbonyl (C=O) groups excluding carboxylic acids is 1. The summed E-state index contributed by atoms with van der Waals surface area (Å²) in [7, 11) is 0. The molecule has 0 amide bonds. The number of rotatable bonds is 11. The third-order valence-corrected chi connectivity index (χ3v) is 3.00. The highest BCUT2D eigenvalue weighted by Crippen LogP contribution is 2.09. The number of esters is 1. The molecule has 0 fully saturated rings. The number of hydrogen-bond donors (Lipinski definition) is 1. The highest BCUT2D eigenvalue weighted by molar-refractivity contribution is 5.69. The molecule has 0 atom stereocenters. The zero-order valence-electron chi connectivity index (χ0n) is 12.9. The molecule has 0 radical (unpaired) electrons. The zero-order valence-corrected chi connectivity index (χ0v) is 12.9. The van der Waals surface area contributed by atoms with E-state index in [0.717, 1.165) is 12.8 Å². The summed E-state index contributed by atoms with van der Waals surface area (Å²) in [5.74, 6) is -0.0850. The predicted octanol–water partition coefficient (Wildman–Crippen LogP) is 3.96. The topological polar surface area (TPSA) is 52.3 Å². The summed E-state index contributed by atoms with van der Waals surface area (Å²) in [5, 5.41) is 0. The Balaban J connectivity index is 3.30. The van der Waals surface area contributed by atoms with Gasteiger partial charge in [0.2, 0.25) is 0 Å². The third-order valence-electron chi connectivity index (χ3n) is 3.00. The maximum Gasteiger partial charge on any atom is 0.305 e. The van der Waals surface area contributed by atoms with E-state index in [9.17, 15) is 4.79 Å². The van der Waals surface area contributed by atoms with Gasteiger partial charge in [0.05, 0.1) is 6.61 Å². The molecule has 0 heterocycles. The summed E-state index contributed by atoms with van der Waals surface area (Å²) >= 11 is 0. The van der Waals surface area contributed by atoms with Gasteiger partial charge in [-0.3, -0.25) is 4.79 Å². The van der Waals surface area contributed by atoms with Gasteiger partial charge in [-0.15, -0.1) is 0 Å². The summed E-state index contributed by atoms with van der Waals surface area (Å²) in [6, 6.07) is 0. The Hall–Kier alpha value is -0.830. The van der Waals surface area contributed by atoms with Gasteiger partial charge < -0.3 is 10.5 Å². The molecule has 0 unspecified atom stereocenters. The molecule has 0 saturated heterocycles. The number of carbonyl (C=O) groups is 1. The number of hydrogen-bond acceptors (Lipinski definition) is 3. The fourth-order valence-corrected chi connectivity index (χ4v) is 1.73.